The number of alkyl halides is 6. The van der Waals surface area contributed by atoms with Crippen LogP contribution in [-0.4, -0.2) is 83.8 Å². The number of carboxylic acids is 2. The van der Waals surface area contributed by atoms with Gasteiger partial charge in [0.1, 0.15) is 0 Å². The molecule has 1 aliphatic rings. The standard InChI is InChI=1S/C12H19N3O.2C2HF3O2/c1-16-7-6-15-8-11(12(13)9-15)10-2-4-14-5-3-10;2*3-2(4,5)1(6)7/h2-5,11-12H,6-9,13H2,1H3;2*(H,6,7)/t11-,12+;;/m0../s1. The van der Waals surface area contributed by atoms with E-state index in [2.05, 4.69) is 22.0 Å². The fourth-order valence-electron chi connectivity index (χ4n) is 2.28. The van der Waals surface area contributed by atoms with Crippen LogP contribution in [-0.2, 0) is 14.3 Å². The lowest BCUT2D eigenvalue weighted by atomic mass is 9.96. The Balaban J connectivity index is 0.000000503. The summed E-state index contributed by atoms with van der Waals surface area (Å²) in [5.74, 6) is -5.08. The van der Waals surface area contributed by atoms with Crippen molar-refractivity contribution in [2.75, 3.05) is 33.4 Å². The molecule has 172 valence electrons. The molecule has 1 aromatic heterocycles. The molecular formula is C16H21F6N3O5. The molecule has 0 amide bonds. The second-order valence-corrected chi connectivity index (χ2v) is 5.91. The third-order valence-corrected chi connectivity index (χ3v) is 3.67. The molecule has 4 N–H and O–H groups in total. The number of likely N-dealkylation sites (tertiary alicyclic amines) is 1. The number of ether oxygens (including phenoxy) is 1. The summed E-state index contributed by atoms with van der Waals surface area (Å²) < 4.78 is 68.6. The Morgan fingerprint density at radius 2 is 1.53 bits per heavy atom. The van der Waals surface area contributed by atoms with Gasteiger partial charge in [0.15, 0.2) is 0 Å². The van der Waals surface area contributed by atoms with Gasteiger partial charge in [0.05, 0.1) is 6.61 Å². The Morgan fingerprint density at radius 1 is 1.10 bits per heavy atom. The van der Waals surface area contributed by atoms with Crippen molar-refractivity contribution in [3.8, 4) is 0 Å². The van der Waals surface area contributed by atoms with E-state index < -0.39 is 24.3 Å². The van der Waals surface area contributed by atoms with E-state index >= 15 is 0 Å². The van der Waals surface area contributed by atoms with Gasteiger partial charge < -0.3 is 20.7 Å². The summed E-state index contributed by atoms with van der Waals surface area (Å²) in [6, 6.07) is 4.34. The summed E-state index contributed by atoms with van der Waals surface area (Å²) in [7, 11) is 1.73. The molecule has 30 heavy (non-hydrogen) atoms. The summed E-state index contributed by atoms with van der Waals surface area (Å²) in [6.07, 6.45) is -6.50. The molecule has 1 saturated heterocycles. The highest BCUT2D eigenvalue weighted by molar-refractivity contribution is 5.73. The van der Waals surface area contributed by atoms with Crippen molar-refractivity contribution in [3.05, 3.63) is 30.1 Å². The summed E-state index contributed by atoms with van der Waals surface area (Å²) in [4.78, 5) is 24.2. The molecule has 2 rings (SSSR count). The monoisotopic (exact) mass is 449 g/mol. The maximum atomic E-state index is 10.6. The number of hydrogen-bond donors (Lipinski definition) is 3. The molecule has 2 heterocycles. The molecule has 0 aliphatic carbocycles. The molecule has 1 aliphatic heterocycles. The minimum atomic E-state index is -5.08. The van der Waals surface area contributed by atoms with Crippen LogP contribution in [0.5, 0.6) is 0 Å². The fourth-order valence-corrected chi connectivity index (χ4v) is 2.28. The minimum Gasteiger partial charge on any atom is -0.475 e. The van der Waals surface area contributed by atoms with E-state index in [0.717, 1.165) is 26.2 Å². The number of halogens is 6. The summed E-state index contributed by atoms with van der Waals surface area (Å²) in [5.41, 5.74) is 7.46. The summed E-state index contributed by atoms with van der Waals surface area (Å²) in [6.45, 7) is 3.71. The van der Waals surface area contributed by atoms with Crippen molar-refractivity contribution in [1.82, 2.24) is 9.88 Å². The van der Waals surface area contributed by atoms with Crippen LogP contribution >= 0.6 is 0 Å². The zero-order valence-electron chi connectivity index (χ0n) is 15.7. The van der Waals surface area contributed by atoms with E-state index in [-0.39, 0.29) is 6.04 Å². The number of aromatic nitrogens is 1. The topological polar surface area (TPSA) is 126 Å². The van der Waals surface area contributed by atoms with Crippen molar-refractivity contribution in [2.24, 2.45) is 5.73 Å². The van der Waals surface area contributed by atoms with E-state index in [4.69, 9.17) is 30.3 Å². The van der Waals surface area contributed by atoms with E-state index in [0.29, 0.717) is 5.92 Å². The number of pyridine rings is 1. The Morgan fingerprint density at radius 3 is 1.90 bits per heavy atom. The van der Waals surface area contributed by atoms with Crippen molar-refractivity contribution < 1.29 is 50.9 Å². The molecule has 0 radical (unpaired) electrons. The van der Waals surface area contributed by atoms with Gasteiger partial charge in [0.2, 0.25) is 0 Å². The van der Waals surface area contributed by atoms with Crippen LogP contribution in [0.4, 0.5) is 26.3 Å². The smallest absolute Gasteiger partial charge is 0.475 e. The Bertz CT molecular complexity index is 633. The number of methoxy groups -OCH3 is 1. The normalized spacial score (nSPS) is 19.2. The average molecular weight is 449 g/mol. The summed E-state index contributed by atoms with van der Waals surface area (Å²) in [5, 5.41) is 14.2. The van der Waals surface area contributed by atoms with Crippen LogP contribution < -0.4 is 5.73 Å². The van der Waals surface area contributed by atoms with Gasteiger partial charge in [-0.15, -0.1) is 0 Å². The van der Waals surface area contributed by atoms with Gasteiger partial charge >= 0.3 is 24.3 Å². The van der Waals surface area contributed by atoms with Gasteiger partial charge in [-0.25, -0.2) is 9.59 Å². The fraction of sp³-hybridized carbons (Fsp3) is 0.562. The second kappa shape index (κ2) is 12.3. The Labute approximate surface area is 167 Å². The minimum absolute atomic E-state index is 0.222. The van der Waals surface area contributed by atoms with E-state index in [1.54, 1.807) is 7.11 Å². The molecule has 1 fully saturated rings. The lowest BCUT2D eigenvalue weighted by Gasteiger charge is -2.15. The highest BCUT2D eigenvalue weighted by Crippen LogP contribution is 2.25. The van der Waals surface area contributed by atoms with Gasteiger partial charge in [-0.3, -0.25) is 9.88 Å². The van der Waals surface area contributed by atoms with Crippen LogP contribution in [0.2, 0.25) is 0 Å². The molecule has 0 spiro atoms. The molecule has 8 nitrogen and oxygen atoms in total. The predicted octanol–water partition coefficient (Wildman–Crippen LogP) is 1.72. The van der Waals surface area contributed by atoms with E-state index in [9.17, 15) is 26.3 Å². The first-order chi connectivity index (χ1) is 13.7. The maximum Gasteiger partial charge on any atom is 0.490 e. The van der Waals surface area contributed by atoms with Gasteiger partial charge in [0.25, 0.3) is 0 Å². The van der Waals surface area contributed by atoms with Crippen LogP contribution in [0.3, 0.4) is 0 Å². The lowest BCUT2D eigenvalue weighted by molar-refractivity contribution is -0.193. The zero-order chi connectivity index (χ0) is 23.5. The Kier molecular flexibility index (Phi) is 11.3. The average Bonchev–Trinajstić information content (AvgIpc) is 3.01. The van der Waals surface area contributed by atoms with Crippen LogP contribution in [0.25, 0.3) is 0 Å². The van der Waals surface area contributed by atoms with Gasteiger partial charge in [-0.05, 0) is 17.7 Å². The molecule has 0 saturated carbocycles. The molecule has 0 aromatic carbocycles. The van der Waals surface area contributed by atoms with Gasteiger partial charge in [0, 0.05) is 51.1 Å². The molecule has 1 aromatic rings. The number of hydrogen-bond acceptors (Lipinski definition) is 6. The number of nitrogens with two attached hydrogens (primary N) is 1. The van der Waals surface area contributed by atoms with Crippen LogP contribution in [0, 0.1) is 0 Å². The third kappa shape index (κ3) is 10.9. The highest BCUT2D eigenvalue weighted by Gasteiger charge is 2.38. The number of rotatable bonds is 4. The predicted molar refractivity (Wildman–Crippen MR) is 90.7 cm³/mol. The number of carboxylic acid groups (broad SMARTS) is 2. The van der Waals surface area contributed by atoms with Gasteiger partial charge in [-0.1, -0.05) is 0 Å². The number of carbonyl (C=O) groups is 2. The van der Waals surface area contributed by atoms with E-state index in [1.807, 2.05) is 12.4 Å². The van der Waals surface area contributed by atoms with Crippen LogP contribution in [0.1, 0.15) is 11.5 Å². The van der Waals surface area contributed by atoms with Crippen molar-refractivity contribution in [3.63, 3.8) is 0 Å². The molecule has 14 heteroatoms. The Hall–Kier alpha value is -2.45. The molecule has 0 bridgehead atoms. The van der Waals surface area contributed by atoms with Gasteiger partial charge in [-0.2, -0.15) is 26.3 Å². The maximum absolute atomic E-state index is 10.6. The third-order valence-electron chi connectivity index (χ3n) is 3.67. The first-order valence-electron chi connectivity index (χ1n) is 8.17. The quantitative estimate of drug-likeness (QED) is 0.594. The molecule has 2 atom stereocenters. The largest absolute Gasteiger partial charge is 0.490 e. The molecular weight excluding hydrogens is 428 g/mol. The van der Waals surface area contributed by atoms with Crippen molar-refractivity contribution in [1.29, 1.82) is 0 Å². The molecule has 0 unspecified atom stereocenters. The second-order valence-electron chi connectivity index (χ2n) is 5.91. The van der Waals surface area contributed by atoms with E-state index in [1.165, 1.54) is 5.56 Å². The number of aliphatic carboxylic acids is 2. The van der Waals surface area contributed by atoms with Crippen LogP contribution in [0.15, 0.2) is 24.5 Å². The van der Waals surface area contributed by atoms with Crippen molar-refractivity contribution >= 4 is 11.9 Å². The number of nitrogens with zero attached hydrogens (tertiary/aromatic N) is 2. The van der Waals surface area contributed by atoms with Crippen molar-refractivity contribution in [2.45, 2.75) is 24.3 Å². The first-order valence-corrected chi connectivity index (χ1v) is 8.17. The summed E-state index contributed by atoms with van der Waals surface area (Å²) >= 11 is 0. The first kappa shape index (κ1) is 27.5. The lowest BCUT2D eigenvalue weighted by Crippen LogP contribution is -2.30. The zero-order valence-corrected chi connectivity index (χ0v) is 15.7. The highest BCUT2D eigenvalue weighted by atomic mass is 19.4. The SMILES string of the molecule is COCCN1C[C@@H](N)[C@H](c2ccncc2)C1.O=C(O)C(F)(F)F.O=C(O)C(F)(F)F.